The van der Waals surface area contributed by atoms with E-state index in [1.807, 2.05) is 26.0 Å². The van der Waals surface area contributed by atoms with Gasteiger partial charge in [0.25, 0.3) is 0 Å². The van der Waals surface area contributed by atoms with Gasteiger partial charge in [-0.3, -0.25) is 0 Å². The number of carbonyl (C=O) groups excluding carboxylic acids is 1. The van der Waals surface area contributed by atoms with Gasteiger partial charge >= 0.3 is 12.3 Å². The van der Waals surface area contributed by atoms with Crippen LogP contribution < -0.4 is 9.47 Å². The van der Waals surface area contributed by atoms with Gasteiger partial charge in [0.05, 0.1) is 12.7 Å². The number of rotatable bonds is 8. The second kappa shape index (κ2) is 9.25. The molecule has 0 saturated heterocycles. The zero-order valence-electron chi connectivity index (χ0n) is 19.3. The molecule has 33 heavy (non-hydrogen) atoms. The van der Waals surface area contributed by atoms with Gasteiger partial charge in [-0.2, -0.15) is 0 Å². The molecule has 180 valence electrons. The Labute approximate surface area is 191 Å². The molecule has 0 aliphatic heterocycles. The minimum Gasteiger partial charge on any atom is -0.476 e. The van der Waals surface area contributed by atoms with Gasteiger partial charge in [0.15, 0.2) is 5.60 Å². The zero-order chi connectivity index (χ0) is 24.6. The van der Waals surface area contributed by atoms with Crippen LogP contribution in [0.5, 0.6) is 11.5 Å². The summed E-state index contributed by atoms with van der Waals surface area (Å²) in [5, 5.41) is 10.7. The summed E-state index contributed by atoms with van der Waals surface area (Å²) in [6, 6.07) is 9.28. The van der Waals surface area contributed by atoms with Crippen LogP contribution in [0.15, 0.2) is 36.4 Å². The lowest BCUT2D eigenvalue weighted by molar-refractivity contribution is -0.274. The summed E-state index contributed by atoms with van der Waals surface area (Å²) in [5.41, 5.74) is 2.20. The molecule has 1 fully saturated rings. The highest BCUT2D eigenvalue weighted by atomic mass is 19.4. The van der Waals surface area contributed by atoms with E-state index in [4.69, 9.17) is 9.47 Å². The quantitative estimate of drug-likeness (QED) is 0.501. The van der Waals surface area contributed by atoms with Crippen LogP contribution in [0.4, 0.5) is 13.2 Å². The normalized spacial score (nSPS) is 19.1. The smallest absolute Gasteiger partial charge is 0.476 e. The Balaban J connectivity index is 1.70. The van der Waals surface area contributed by atoms with Crippen LogP contribution in [0.3, 0.4) is 0 Å². The Bertz CT molecular complexity index is 975. The van der Waals surface area contributed by atoms with E-state index in [2.05, 4.69) is 4.74 Å². The number of aliphatic hydroxyl groups is 1. The summed E-state index contributed by atoms with van der Waals surface area (Å²) in [6.07, 6.45) is -4.79. The minimum atomic E-state index is -4.75. The fourth-order valence-electron chi connectivity index (χ4n) is 4.02. The topological polar surface area (TPSA) is 65.0 Å². The molecule has 8 heteroatoms. The number of esters is 1. The first-order chi connectivity index (χ1) is 15.3. The molecule has 3 unspecified atom stereocenters. The van der Waals surface area contributed by atoms with Crippen LogP contribution in [0.2, 0.25) is 0 Å². The highest BCUT2D eigenvalue weighted by molar-refractivity contribution is 5.79. The number of hydrogen-bond acceptors (Lipinski definition) is 5. The van der Waals surface area contributed by atoms with Crippen molar-refractivity contribution in [1.29, 1.82) is 0 Å². The lowest BCUT2D eigenvalue weighted by Crippen LogP contribution is -2.40. The molecule has 1 saturated carbocycles. The van der Waals surface area contributed by atoms with Gasteiger partial charge in [0, 0.05) is 0 Å². The minimum absolute atomic E-state index is 0.0408. The monoisotopic (exact) mass is 466 g/mol. The molecule has 1 N–H and O–H groups in total. The van der Waals surface area contributed by atoms with E-state index >= 15 is 0 Å². The highest BCUT2D eigenvalue weighted by Crippen LogP contribution is 2.55. The largest absolute Gasteiger partial charge is 0.573 e. The Morgan fingerprint density at radius 3 is 2.18 bits per heavy atom. The fraction of sp³-hybridized carbons (Fsp3) is 0.480. The number of ether oxygens (including phenoxy) is 3. The first-order valence-electron chi connectivity index (χ1n) is 10.8. The van der Waals surface area contributed by atoms with E-state index in [0.29, 0.717) is 11.3 Å². The number of benzene rings is 2. The molecule has 0 aromatic heterocycles. The predicted molar refractivity (Wildman–Crippen MR) is 116 cm³/mol. The average Bonchev–Trinajstić information content (AvgIpc) is 3.50. The van der Waals surface area contributed by atoms with Gasteiger partial charge in [-0.15, -0.1) is 13.2 Å². The number of aryl methyl sites for hydroxylation is 2. The van der Waals surface area contributed by atoms with Gasteiger partial charge in [0.1, 0.15) is 11.5 Å². The van der Waals surface area contributed by atoms with Crippen LogP contribution in [0, 0.1) is 19.8 Å². The van der Waals surface area contributed by atoms with Crippen molar-refractivity contribution in [3.05, 3.63) is 58.7 Å². The van der Waals surface area contributed by atoms with Crippen molar-refractivity contribution in [2.75, 3.05) is 6.61 Å². The molecule has 0 amide bonds. The number of halogens is 3. The molecule has 1 aliphatic carbocycles. The van der Waals surface area contributed by atoms with Crippen LogP contribution in [0.25, 0.3) is 0 Å². The molecule has 3 atom stereocenters. The molecular formula is C25H29F3O5. The molecule has 2 aromatic carbocycles. The summed E-state index contributed by atoms with van der Waals surface area (Å²) in [6.45, 7) is 9.14. The SMILES string of the molecule is CCOC(=O)C(C)(C)Oc1c(C)cc(C2CC2C(O)c2ccc(OC(F)(F)F)cc2)cc1C. The van der Waals surface area contributed by atoms with Crippen molar-refractivity contribution in [3.63, 3.8) is 0 Å². The molecule has 0 heterocycles. The molecular weight excluding hydrogens is 437 g/mol. The highest BCUT2D eigenvalue weighted by Gasteiger charge is 2.44. The summed E-state index contributed by atoms with van der Waals surface area (Å²) < 4.78 is 52.0. The Kier molecular flexibility index (Phi) is 6.98. The van der Waals surface area contributed by atoms with Crippen molar-refractivity contribution < 1.29 is 37.3 Å². The third kappa shape index (κ3) is 5.99. The maximum atomic E-state index is 12.3. The van der Waals surface area contributed by atoms with Crippen molar-refractivity contribution in [2.45, 2.75) is 65.0 Å². The molecule has 0 radical (unpaired) electrons. The Hall–Kier alpha value is -2.74. The summed E-state index contributed by atoms with van der Waals surface area (Å²) >= 11 is 0. The van der Waals surface area contributed by atoms with E-state index in [9.17, 15) is 23.1 Å². The second-order valence-electron chi connectivity index (χ2n) is 8.88. The third-order valence-corrected chi connectivity index (χ3v) is 5.74. The zero-order valence-corrected chi connectivity index (χ0v) is 19.3. The van der Waals surface area contributed by atoms with Crippen molar-refractivity contribution in [1.82, 2.24) is 0 Å². The van der Waals surface area contributed by atoms with Crippen LogP contribution in [-0.2, 0) is 9.53 Å². The predicted octanol–water partition coefficient (Wildman–Crippen LogP) is 5.76. The Morgan fingerprint density at radius 2 is 1.67 bits per heavy atom. The standard InChI is InChI=1S/C25H29F3O5/c1-6-31-23(30)24(4,5)33-22-14(2)11-17(12-15(22)3)19-13-20(19)21(29)16-7-9-18(10-8-16)32-25(26,27)28/h7-12,19-21,29H,6,13H2,1-5H3. The van der Waals surface area contributed by atoms with E-state index < -0.39 is 24.0 Å². The maximum Gasteiger partial charge on any atom is 0.573 e. The summed E-state index contributed by atoms with van der Waals surface area (Å²) in [7, 11) is 0. The molecule has 5 nitrogen and oxygen atoms in total. The first-order valence-corrected chi connectivity index (χ1v) is 10.8. The molecule has 1 aliphatic rings. The van der Waals surface area contributed by atoms with Crippen LogP contribution in [0.1, 0.15) is 61.5 Å². The van der Waals surface area contributed by atoms with E-state index in [1.54, 1.807) is 20.8 Å². The first kappa shape index (κ1) is 24.9. The summed E-state index contributed by atoms with van der Waals surface area (Å²) in [4.78, 5) is 12.2. The van der Waals surface area contributed by atoms with Crippen LogP contribution >= 0.6 is 0 Å². The van der Waals surface area contributed by atoms with Crippen molar-refractivity contribution >= 4 is 5.97 Å². The number of hydrogen-bond donors (Lipinski definition) is 1. The molecule has 3 rings (SSSR count). The van der Waals surface area contributed by atoms with E-state index in [0.717, 1.165) is 23.1 Å². The molecule has 2 aromatic rings. The lowest BCUT2D eigenvalue weighted by atomic mass is 9.98. The van der Waals surface area contributed by atoms with Gasteiger partial charge in [-0.1, -0.05) is 24.3 Å². The molecule has 0 bridgehead atoms. The van der Waals surface area contributed by atoms with Crippen LogP contribution in [-0.4, -0.2) is 29.6 Å². The third-order valence-electron chi connectivity index (χ3n) is 5.74. The van der Waals surface area contributed by atoms with Gasteiger partial charge in [0.2, 0.25) is 0 Å². The lowest BCUT2D eigenvalue weighted by Gasteiger charge is -2.26. The van der Waals surface area contributed by atoms with E-state index in [-0.39, 0.29) is 24.2 Å². The average molecular weight is 466 g/mol. The maximum absolute atomic E-state index is 12.3. The van der Waals surface area contributed by atoms with Crippen molar-refractivity contribution in [2.24, 2.45) is 5.92 Å². The van der Waals surface area contributed by atoms with Crippen molar-refractivity contribution in [3.8, 4) is 11.5 Å². The van der Waals surface area contributed by atoms with Gasteiger partial charge in [-0.25, -0.2) is 4.79 Å². The molecule has 0 spiro atoms. The summed E-state index contributed by atoms with van der Waals surface area (Å²) in [5.74, 6) is -0.0605. The van der Waals surface area contributed by atoms with Gasteiger partial charge in [-0.05, 0) is 87.3 Å². The van der Waals surface area contributed by atoms with Gasteiger partial charge < -0.3 is 19.3 Å². The number of aliphatic hydroxyl groups excluding tert-OH is 1. The fourth-order valence-corrected chi connectivity index (χ4v) is 4.02. The number of carbonyl (C=O) groups is 1. The number of alkyl halides is 3. The Morgan fingerprint density at radius 1 is 1.09 bits per heavy atom. The van der Waals surface area contributed by atoms with E-state index in [1.165, 1.54) is 24.3 Å². The second-order valence-corrected chi connectivity index (χ2v) is 8.88.